The Labute approximate surface area is 64.3 Å². The Balaban J connectivity index is 2.06. The molecule has 1 fully saturated rings. The van der Waals surface area contributed by atoms with E-state index < -0.39 is 0 Å². The summed E-state index contributed by atoms with van der Waals surface area (Å²) in [6.07, 6.45) is 6.13. The highest BCUT2D eigenvalue weighted by atomic mass is 14.4. The molecule has 0 aliphatic heterocycles. The normalized spacial score (nSPS) is 33.4. The van der Waals surface area contributed by atoms with Crippen molar-refractivity contribution in [2.75, 3.05) is 0 Å². The van der Waals surface area contributed by atoms with Crippen LogP contribution in [0.15, 0.2) is 12.7 Å². The third-order valence-electron chi connectivity index (χ3n) is 2.55. The molecule has 0 nitrogen and oxygen atoms in total. The molecule has 10 heavy (non-hydrogen) atoms. The molecule has 3 atom stereocenters. The minimum atomic E-state index is 0.868. The topological polar surface area (TPSA) is 0 Å². The van der Waals surface area contributed by atoms with Gasteiger partial charge in [0.15, 0.2) is 0 Å². The number of hydrogen-bond acceptors (Lipinski definition) is 0. The van der Waals surface area contributed by atoms with Gasteiger partial charge in [-0.05, 0) is 37.0 Å². The Bertz CT molecular complexity index is 115. The van der Waals surface area contributed by atoms with Crippen LogP contribution in [0.1, 0.15) is 33.1 Å². The predicted molar refractivity (Wildman–Crippen MR) is 45.9 cm³/mol. The first-order valence-corrected chi connectivity index (χ1v) is 4.35. The monoisotopic (exact) mass is 138 g/mol. The first-order chi connectivity index (χ1) is 4.74. The summed E-state index contributed by atoms with van der Waals surface area (Å²) in [5, 5.41) is 0. The number of hydrogen-bond donors (Lipinski definition) is 0. The van der Waals surface area contributed by atoms with Gasteiger partial charge in [-0.1, -0.05) is 19.9 Å². The fourth-order valence-corrected chi connectivity index (χ4v) is 1.63. The van der Waals surface area contributed by atoms with Crippen molar-refractivity contribution in [3.8, 4) is 0 Å². The minimum absolute atomic E-state index is 0.868. The van der Waals surface area contributed by atoms with Crippen LogP contribution >= 0.6 is 0 Å². The van der Waals surface area contributed by atoms with Crippen molar-refractivity contribution in [2.45, 2.75) is 33.1 Å². The van der Waals surface area contributed by atoms with Crippen LogP contribution < -0.4 is 0 Å². The molecule has 3 unspecified atom stereocenters. The summed E-state index contributed by atoms with van der Waals surface area (Å²) in [7, 11) is 0. The van der Waals surface area contributed by atoms with Crippen LogP contribution in [-0.4, -0.2) is 0 Å². The Morgan fingerprint density at radius 1 is 1.70 bits per heavy atom. The van der Waals surface area contributed by atoms with E-state index in [2.05, 4.69) is 20.4 Å². The van der Waals surface area contributed by atoms with E-state index in [1.165, 1.54) is 19.3 Å². The molecule has 0 aromatic heterocycles. The van der Waals surface area contributed by atoms with Crippen molar-refractivity contribution in [2.24, 2.45) is 17.8 Å². The smallest absolute Gasteiger partial charge is 0.0327 e. The van der Waals surface area contributed by atoms with Gasteiger partial charge in [-0.3, -0.25) is 0 Å². The van der Waals surface area contributed by atoms with E-state index in [0.717, 1.165) is 17.8 Å². The Hall–Kier alpha value is -0.260. The Kier molecular flexibility index (Phi) is 2.53. The van der Waals surface area contributed by atoms with Crippen molar-refractivity contribution in [1.82, 2.24) is 0 Å². The second kappa shape index (κ2) is 3.23. The lowest BCUT2D eigenvalue weighted by molar-refractivity contribution is 0.487. The molecule has 0 bridgehead atoms. The maximum absolute atomic E-state index is 3.75. The summed E-state index contributed by atoms with van der Waals surface area (Å²) in [6.45, 7) is 8.43. The summed E-state index contributed by atoms with van der Waals surface area (Å²) in [6, 6.07) is 0. The van der Waals surface area contributed by atoms with E-state index in [9.17, 15) is 0 Å². The van der Waals surface area contributed by atoms with Crippen molar-refractivity contribution in [3.05, 3.63) is 12.7 Å². The lowest BCUT2D eigenvalue weighted by Crippen LogP contribution is -1.94. The van der Waals surface area contributed by atoms with E-state index in [0.29, 0.717) is 0 Å². The highest BCUT2D eigenvalue weighted by Crippen LogP contribution is 2.42. The molecule has 0 aromatic carbocycles. The molecule has 0 saturated heterocycles. The van der Waals surface area contributed by atoms with Crippen LogP contribution in [0.25, 0.3) is 0 Å². The molecule has 0 amide bonds. The van der Waals surface area contributed by atoms with Crippen LogP contribution in [0.2, 0.25) is 0 Å². The molecule has 1 saturated carbocycles. The zero-order valence-corrected chi connectivity index (χ0v) is 7.14. The minimum Gasteiger partial charge on any atom is -0.103 e. The molecular formula is C10H18. The van der Waals surface area contributed by atoms with Crippen molar-refractivity contribution in [3.63, 3.8) is 0 Å². The Morgan fingerprint density at radius 2 is 2.30 bits per heavy atom. The van der Waals surface area contributed by atoms with E-state index >= 15 is 0 Å². The molecular weight excluding hydrogens is 120 g/mol. The summed E-state index contributed by atoms with van der Waals surface area (Å²) in [5.74, 6) is 2.94. The fourth-order valence-electron chi connectivity index (χ4n) is 1.63. The third-order valence-corrected chi connectivity index (χ3v) is 2.55. The van der Waals surface area contributed by atoms with Gasteiger partial charge in [0.05, 0.1) is 0 Å². The highest BCUT2D eigenvalue weighted by molar-refractivity contribution is 4.85. The molecule has 0 N–H and O–H groups in total. The van der Waals surface area contributed by atoms with Crippen LogP contribution in [0.3, 0.4) is 0 Å². The third kappa shape index (κ3) is 2.17. The van der Waals surface area contributed by atoms with Crippen molar-refractivity contribution < 1.29 is 0 Å². The summed E-state index contributed by atoms with van der Waals surface area (Å²) in [4.78, 5) is 0. The average Bonchev–Trinajstić information content (AvgIpc) is 2.47. The molecule has 1 aliphatic carbocycles. The highest BCUT2D eigenvalue weighted by Gasteiger charge is 2.32. The first kappa shape index (κ1) is 7.84. The first-order valence-electron chi connectivity index (χ1n) is 4.35. The maximum Gasteiger partial charge on any atom is -0.0327 e. The van der Waals surface area contributed by atoms with Crippen LogP contribution in [0.5, 0.6) is 0 Å². The standard InChI is InChI=1S/C10H18/c1-4-5-8(2)6-10-7-9(10)3/h4,8-10H,1,5-7H2,2-3H3. The zero-order chi connectivity index (χ0) is 7.56. The lowest BCUT2D eigenvalue weighted by Gasteiger charge is -2.05. The van der Waals surface area contributed by atoms with Crippen LogP contribution in [-0.2, 0) is 0 Å². The molecule has 58 valence electrons. The van der Waals surface area contributed by atoms with Gasteiger partial charge in [-0.2, -0.15) is 0 Å². The largest absolute Gasteiger partial charge is 0.103 e. The van der Waals surface area contributed by atoms with Gasteiger partial charge in [-0.25, -0.2) is 0 Å². The number of allylic oxidation sites excluding steroid dienone is 1. The van der Waals surface area contributed by atoms with Gasteiger partial charge < -0.3 is 0 Å². The molecule has 1 rings (SSSR count). The second-order valence-corrected chi connectivity index (χ2v) is 3.84. The van der Waals surface area contributed by atoms with E-state index in [-0.39, 0.29) is 0 Å². The van der Waals surface area contributed by atoms with Gasteiger partial charge in [0, 0.05) is 0 Å². The molecule has 0 heteroatoms. The van der Waals surface area contributed by atoms with Crippen molar-refractivity contribution >= 4 is 0 Å². The molecule has 0 aromatic rings. The lowest BCUT2D eigenvalue weighted by atomic mass is 10.0. The van der Waals surface area contributed by atoms with Crippen LogP contribution in [0.4, 0.5) is 0 Å². The van der Waals surface area contributed by atoms with Gasteiger partial charge >= 0.3 is 0 Å². The van der Waals surface area contributed by atoms with E-state index in [1.54, 1.807) is 0 Å². The number of rotatable bonds is 4. The predicted octanol–water partition coefficient (Wildman–Crippen LogP) is 3.24. The maximum atomic E-state index is 3.75. The Morgan fingerprint density at radius 3 is 2.70 bits per heavy atom. The van der Waals surface area contributed by atoms with E-state index in [1.807, 2.05) is 6.08 Å². The molecule has 0 spiro atoms. The summed E-state index contributed by atoms with van der Waals surface area (Å²) in [5.41, 5.74) is 0. The average molecular weight is 138 g/mol. The van der Waals surface area contributed by atoms with Gasteiger partial charge in [-0.15, -0.1) is 6.58 Å². The van der Waals surface area contributed by atoms with Gasteiger partial charge in [0.1, 0.15) is 0 Å². The quantitative estimate of drug-likeness (QED) is 0.523. The van der Waals surface area contributed by atoms with E-state index in [4.69, 9.17) is 0 Å². The molecule has 1 aliphatic rings. The second-order valence-electron chi connectivity index (χ2n) is 3.84. The fraction of sp³-hybridized carbons (Fsp3) is 0.800. The van der Waals surface area contributed by atoms with Crippen molar-refractivity contribution in [1.29, 1.82) is 0 Å². The molecule has 0 heterocycles. The molecule has 0 radical (unpaired) electrons. The summed E-state index contributed by atoms with van der Waals surface area (Å²) >= 11 is 0. The SMILES string of the molecule is C=CCC(C)CC1CC1C. The van der Waals surface area contributed by atoms with Crippen LogP contribution in [0, 0.1) is 17.8 Å². The van der Waals surface area contributed by atoms with Gasteiger partial charge in [0.2, 0.25) is 0 Å². The summed E-state index contributed by atoms with van der Waals surface area (Å²) < 4.78 is 0. The van der Waals surface area contributed by atoms with Gasteiger partial charge in [0.25, 0.3) is 0 Å². The zero-order valence-electron chi connectivity index (χ0n) is 7.14.